The minimum absolute atomic E-state index is 0.0458. The van der Waals surface area contributed by atoms with Crippen LogP contribution in [0.5, 0.6) is 0 Å². The normalized spacial score (nSPS) is 14.4. The molecule has 3 heterocycles. The van der Waals surface area contributed by atoms with E-state index in [0.29, 0.717) is 11.6 Å². The molecule has 2 aromatic carbocycles. The number of halogens is 1. The molecule has 1 aliphatic heterocycles. The quantitative estimate of drug-likeness (QED) is 0.404. The van der Waals surface area contributed by atoms with Crippen LogP contribution in [-0.2, 0) is 11.2 Å². The summed E-state index contributed by atoms with van der Waals surface area (Å²) in [7, 11) is 0. The minimum Gasteiger partial charge on any atom is -0.356 e. The Bertz CT molecular complexity index is 1330. The van der Waals surface area contributed by atoms with Gasteiger partial charge in [0.15, 0.2) is 5.65 Å². The van der Waals surface area contributed by atoms with Crippen LogP contribution in [0.3, 0.4) is 0 Å². The van der Waals surface area contributed by atoms with E-state index in [0.717, 1.165) is 66.3 Å². The second kappa shape index (κ2) is 10.1. The molecule has 35 heavy (non-hydrogen) atoms. The number of carbonyl (C=O) groups is 1. The van der Waals surface area contributed by atoms with Crippen molar-refractivity contribution in [2.24, 2.45) is 5.92 Å². The monoisotopic (exact) mass is 487 g/mol. The van der Waals surface area contributed by atoms with Gasteiger partial charge in [-0.05, 0) is 56.4 Å². The van der Waals surface area contributed by atoms with E-state index in [-0.39, 0.29) is 11.8 Å². The molecule has 0 spiro atoms. The van der Waals surface area contributed by atoms with E-state index in [2.05, 4.69) is 28.4 Å². The van der Waals surface area contributed by atoms with Gasteiger partial charge in [0.05, 0.1) is 5.69 Å². The first-order chi connectivity index (χ1) is 17.0. The van der Waals surface area contributed by atoms with Crippen molar-refractivity contribution in [3.05, 3.63) is 82.6 Å². The van der Waals surface area contributed by atoms with Crippen LogP contribution in [0, 0.1) is 19.8 Å². The lowest BCUT2D eigenvalue weighted by Crippen LogP contribution is -2.41. The number of carbonyl (C=O) groups excluding carboxylic acids is 1. The van der Waals surface area contributed by atoms with Crippen LogP contribution >= 0.6 is 11.6 Å². The molecule has 180 valence electrons. The van der Waals surface area contributed by atoms with Gasteiger partial charge in [0, 0.05) is 47.9 Å². The highest BCUT2D eigenvalue weighted by atomic mass is 35.5. The molecule has 5 rings (SSSR count). The van der Waals surface area contributed by atoms with Crippen LogP contribution in [0.15, 0.2) is 60.7 Å². The van der Waals surface area contributed by atoms with Gasteiger partial charge < -0.3 is 10.2 Å². The molecule has 0 bridgehead atoms. The molecule has 1 fully saturated rings. The lowest BCUT2D eigenvalue weighted by atomic mass is 9.95. The van der Waals surface area contributed by atoms with Gasteiger partial charge in [-0.3, -0.25) is 4.79 Å². The van der Waals surface area contributed by atoms with Crippen LogP contribution in [0.25, 0.3) is 16.8 Å². The smallest absolute Gasteiger partial charge is 0.223 e. The van der Waals surface area contributed by atoms with E-state index in [1.54, 1.807) is 0 Å². The first kappa shape index (κ1) is 23.4. The Kier molecular flexibility index (Phi) is 6.73. The molecule has 7 heteroatoms. The fraction of sp³-hybridized carbons (Fsp3) is 0.321. The molecule has 0 atom stereocenters. The number of fused-ring (bicyclic) bond motifs is 1. The van der Waals surface area contributed by atoms with Crippen molar-refractivity contribution in [2.75, 3.05) is 24.5 Å². The SMILES string of the molecule is Cc1cc(N2CCC(C(=O)NCCc3ccccc3)CC2)n2nc(C)c(-c3ccc(Cl)cc3)c2n1. The van der Waals surface area contributed by atoms with E-state index < -0.39 is 0 Å². The van der Waals surface area contributed by atoms with Gasteiger partial charge in [-0.2, -0.15) is 9.61 Å². The number of piperidine rings is 1. The van der Waals surface area contributed by atoms with Crippen molar-refractivity contribution in [2.45, 2.75) is 33.1 Å². The third-order valence-corrected chi connectivity index (χ3v) is 7.00. The van der Waals surface area contributed by atoms with Crippen molar-refractivity contribution in [1.82, 2.24) is 19.9 Å². The number of nitrogens with one attached hydrogen (secondary N) is 1. The molecule has 0 unspecified atom stereocenters. The minimum atomic E-state index is 0.0458. The second-order valence-corrected chi connectivity index (χ2v) is 9.68. The Labute approximate surface area is 210 Å². The highest BCUT2D eigenvalue weighted by Gasteiger charge is 2.27. The summed E-state index contributed by atoms with van der Waals surface area (Å²) in [6.07, 6.45) is 2.50. The van der Waals surface area contributed by atoms with Crippen molar-refractivity contribution < 1.29 is 4.79 Å². The maximum atomic E-state index is 12.8. The average Bonchev–Trinajstić information content (AvgIpc) is 3.20. The van der Waals surface area contributed by atoms with Crippen LogP contribution in [0.2, 0.25) is 5.02 Å². The number of amides is 1. The third-order valence-electron chi connectivity index (χ3n) is 6.75. The lowest BCUT2D eigenvalue weighted by molar-refractivity contribution is -0.125. The number of aromatic nitrogens is 3. The molecule has 6 nitrogen and oxygen atoms in total. The zero-order chi connectivity index (χ0) is 24.4. The van der Waals surface area contributed by atoms with E-state index in [9.17, 15) is 4.79 Å². The van der Waals surface area contributed by atoms with E-state index in [1.165, 1.54) is 5.56 Å². The van der Waals surface area contributed by atoms with E-state index >= 15 is 0 Å². The van der Waals surface area contributed by atoms with Gasteiger partial charge in [-0.1, -0.05) is 54.1 Å². The molecule has 0 aliphatic carbocycles. The van der Waals surface area contributed by atoms with Crippen LogP contribution < -0.4 is 10.2 Å². The molecule has 1 amide bonds. The Morgan fingerprint density at radius 1 is 1.06 bits per heavy atom. The zero-order valence-corrected chi connectivity index (χ0v) is 20.9. The average molecular weight is 488 g/mol. The Hall–Kier alpha value is -3.38. The fourth-order valence-corrected chi connectivity index (χ4v) is 5.02. The van der Waals surface area contributed by atoms with Crippen molar-refractivity contribution >= 4 is 29.0 Å². The Balaban J connectivity index is 1.29. The van der Waals surface area contributed by atoms with Crippen LogP contribution in [0.1, 0.15) is 29.8 Å². The molecular formula is C28H30ClN5O. The summed E-state index contributed by atoms with van der Waals surface area (Å²) in [5.41, 5.74) is 6.05. The Morgan fingerprint density at radius 3 is 2.49 bits per heavy atom. The Morgan fingerprint density at radius 2 is 1.77 bits per heavy atom. The van der Waals surface area contributed by atoms with Gasteiger partial charge in [-0.25, -0.2) is 4.98 Å². The third kappa shape index (κ3) is 5.03. The number of anilines is 1. The summed E-state index contributed by atoms with van der Waals surface area (Å²) < 4.78 is 1.95. The molecule has 1 aliphatic rings. The van der Waals surface area contributed by atoms with Crippen molar-refractivity contribution in [1.29, 1.82) is 0 Å². The number of hydrogen-bond acceptors (Lipinski definition) is 4. The van der Waals surface area contributed by atoms with Gasteiger partial charge >= 0.3 is 0 Å². The summed E-state index contributed by atoms with van der Waals surface area (Å²) in [4.78, 5) is 19.9. The number of hydrogen-bond donors (Lipinski definition) is 1. The largest absolute Gasteiger partial charge is 0.356 e. The van der Waals surface area contributed by atoms with E-state index in [4.69, 9.17) is 21.7 Å². The standard InChI is InChI=1S/C28H30ClN5O/c1-19-18-25(34-27(31-19)26(20(2)32-34)22-8-10-24(29)11-9-22)33-16-13-23(14-17-33)28(35)30-15-12-21-6-4-3-5-7-21/h3-11,18,23H,12-17H2,1-2H3,(H,30,35). The molecule has 4 aromatic rings. The zero-order valence-electron chi connectivity index (χ0n) is 20.2. The highest BCUT2D eigenvalue weighted by Crippen LogP contribution is 2.32. The summed E-state index contributed by atoms with van der Waals surface area (Å²) in [6, 6.07) is 20.2. The second-order valence-electron chi connectivity index (χ2n) is 9.25. The molecule has 0 saturated carbocycles. The van der Waals surface area contributed by atoms with Gasteiger partial charge in [0.2, 0.25) is 5.91 Å². The molecule has 2 aromatic heterocycles. The van der Waals surface area contributed by atoms with Gasteiger partial charge in [0.1, 0.15) is 5.82 Å². The number of benzene rings is 2. The van der Waals surface area contributed by atoms with Crippen molar-refractivity contribution in [3.8, 4) is 11.1 Å². The van der Waals surface area contributed by atoms with Crippen molar-refractivity contribution in [3.63, 3.8) is 0 Å². The summed E-state index contributed by atoms with van der Waals surface area (Å²) in [6.45, 7) is 6.33. The van der Waals surface area contributed by atoms with Crippen LogP contribution in [-0.4, -0.2) is 40.1 Å². The maximum absolute atomic E-state index is 12.8. The number of rotatable bonds is 6. The predicted octanol–water partition coefficient (Wildman–Crippen LogP) is 5.24. The highest BCUT2D eigenvalue weighted by molar-refractivity contribution is 6.30. The summed E-state index contributed by atoms with van der Waals surface area (Å²) in [5, 5.41) is 8.69. The molecular weight excluding hydrogens is 458 g/mol. The number of nitrogens with zero attached hydrogens (tertiary/aromatic N) is 4. The molecule has 1 saturated heterocycles. The predicted molar refractivity (Wildman–Crippen MR) is 141 cm³/mol. The topological polar surface area (TPSA) is 62.5 Å². The lowest BCUT2D eigenvalue weighted by Gasteiger charge is -2.33. The van der Waals surface area contributed by atoms with Gasteiger partial charge in [0.25, 0.3) is 0 Å². The molecule has 1 N–H and O–H groups in total. The summed E-state index contributed by atoms with van der Waals surface area (Å²) in [5.74, 6) is 1.24. The van der Waals surface area contributed by atoms with E-state index in [1.807, 2.05) is 60.8 Å². The van der Waals surface area contributed by atoms with Crippen LogP contribution in [0.4, 0.5) is 5.82 Å². The first-order valence-corrected chi connectivity index (χ1v) is 12.6. The fourth-order valence-electron chi connectivity index (χ4n) is 4.89. The first-order valence-electron chi connectivity index (χ1n) is 12.2. The maximum Gasteiger partial charge on any atom is 0.223 e. The van der Waals surface area contributed by atoms with Gasteiger partial charge in [-0.15, -0.1) is 0 Å². The summed E-state index contributed by atoms with van der Waals surface area (Å²) >= 11 is 6.10. The molecule has 0 radical (unpaired) electrons. The number of aryl methyl sites for hydroxylation is 2.